The van der Waals surface area contributed by atoms with Gasteiger partial charge in [0.1, 0.15) is 6.61 Å². The minimum Gasteiger partial charge on any atom is -0.478 e. The molecule has 0 radical (unpaired) electrons. The van der Waals surface area contributed by atoms with Crippen molar-refractivity contribution < 1.29 is 18.3 Å². The van der Waals surface area contributed by atoms with Crippen molar-refractivity contribution in [3.8, 4) is 28.8 Å². The number of aryl methyl sites for hydroxylation is 1. The number of carbonyl (C=O) groups is 1. The van der Waals surface area contributed by atoms with Gasteiger partial charge in [-0.1, -0.05) is 32.6 Å². The summed E-state index contributed by atoms with van der Waals surface area (Å²) in [4.78, 5) is 21.4. The highest BCUT2D eigenvalue weighted by molar-refractivity contribution is 5.99. The second-order valence-corrected chi connectivity index (χ2v) is 8.89. The number of ether oxygens (including phenoxy) is 1. The smallest absolute Gasteiger partial charge is 0.201 e. The van der Waals surface area contributed by atoms with E-state index in [1.54, 1.807) is 23.8 Å². The van der Waals surface area contributed by atoms with Crippen molar-refractivity contribution in [3.63, 3.8) is 0 Å². The first kappa shape index (κ1) is 26.8. The lowest BCUT2D eigenvalue weighted by Crippen LogP contribution is -2.10. The average Bonchev–Trinajstić information content (AvgIpc) is 3.35. The Morgan fingerprint density at radius 2 is 1.95 bits per heavy atom. The number of carbonyl (C=O) groups excluding carboxylic acids is 1. The van der Waals surface area contributed by atoms with E-state index in [0.29, 0.717) is 35.7 Å². The van der Waals surface area contributed by atoms with Crippen molar-refractivity contribution in [1.29, 1.82) is 0 Å². The number of rotatable bonds is 9. The normalized spacial score (nSPS) is 10.9. The summed E-state index contributed by atoms with van der Waals surface area (Å²) in [5.41, 5.74) is 3.20. The number of anilines is 2. The number of hydrogen-bond donors (Lipinski definition) is 2. The van der Waals surface area contributed by atoms with Gasteiger partial charge in [0.25, 0.3) is 0 Å². The van der Waals surface area contributed by atoms with Gasteiger partial charge in [0, 0.05) is 35.1 Å². The van der Waals surface area contributed by atoms with E-state index >= 15 is 4.39 Å². The van der Waals surface area contributed by atoms with Gasteiger partial charge in [-0.2, -0.15) is 4.39 Å². The van der Waals surface area contributed by atoms with E-state index < -0.39 is 11.6 Å². The van der Waals surface area contributed by atoms with Crippen molar-refractivity contribution in [2.45, 2.75) is 27.2 Å². The molecule has 0 aliphatic heterocycles. The van der Waals surface area contributed by atoms with Gasteiger partial charge in [0.2, 0.25) is 5.82 Å². The molecule has 0 saturated carbocycles. The molecular weight excluding hydrogens is 488 g/mol. The Labute approximate surface area is 220 Å². The predicted octanol–water partition coefficient (Wildman–Crippen LogP) is 5.42. The fraction of sp³-hybridized carbons (Fsp3) is 0.276. The Morgan fingerprint density at radius 1 is 1.13 bits per heavy atom. The molecule has 4 aromatic rings. The van der Waals surface area contributed by atoms with Gasteiger partial charge in [0.15, 0.2) is 28.8 Å². The number of nitrogens with zero attached hydrogens (tertiary/aromatic N) is 3. The molecule has 0 atom stereocenters. The minimum atomic E-state index is -1.09. The first-order chi connectivity index (χ1) is 18.3. The Balaban J connectivity index is 1.63. The van der Waals surface area contributed by atoms with Crippen LogP contribution in [0.1, 0.15) is 36.7 Å². The number of imidazole rings is 1. The number of halogens is 2. The van der Waals surface area contributed by atoms with Crippen molar-refractivity contribution in [3.05, 3.63) is 71.7 Å². The molecule has 0 amide bonds. The molecule has 0 unspecified atom stereocenters. The second kappa shape index (κ2) is 11.8. The number of hydrogen-bond acceptors (Lipinski definition) is 6. The topological polar surface area (TPSA) is 80.6 Å². The van der Waals surface area contributed by atoms with Crippen LogP contribution in [0, 0.1) is 29.4 Å². The first-order valence-corrected chi connectivity index (χ1v) is 12.3. The fourth-order valence-corrected chi connectivity index (χ4v) is 4.02. The van der Waals surface area contributed by atoms with E-state index in [9.17, 15) is 9.18 Å². The molecule has 2 aromatic heterocycles. The number of nitrogens with one attached hydrogen (secondary N) is 2. The van der Waals surface area contributed by atoms with Crippen LogP contribution in [0.25, 0.3) is 16.9 Å². The molecule has 38 heavy (non-hydrogen) atoms. The molecular formula is C29H29F2N5O2. The van der Waals surface area contributed by atoms with E-state index in [2.05, 4.69) is 32.4 Å². The highest BCUT2D eigenvalue weighted by atomic mass is 19.2. The zero-order valence-electron chi connectivity index (χ0n) is 21.7. The van der Waals surface area contributed by atoms with Crippen LogP contribution in [-0.2, 0) is 6.42 Å². The van der Waals surface area contributed by atoms with E-state index in [4.69, 9.17) is 4.74 Å². The number of fused-ring (bicyclic) bond motifs is 1. The number of aromatic nitrogens is 3. The Bertz CT molecular complexity index is 1540. The van der Waals surface area contributed by atoms with Gasteiger partial charge in [0.05, 0.1) is 18.4 Å². The molecule has 0 spiro atoms. The van der Waals surface area contributed by atoms with Crippen molar-refractivity contribution in [2.75, 3.05) is 25.5 Å². The van der Waals surface area contributed by atoms with Crippen LogP contribution < -0.4 is 15.4 Å². The molecule has 0 saturated heterocycles. The summed E-state index contributed by atoms with van der Waals surface area (Å²) < 4.78 is 36.8. The highest BCUT2D eigenvalue weighted by Crippen LogP contribution is 2.32. The summed E-state index contributed by atoms with van der Waals surface area (Å²) >= 11 is 0. The number of benzene rings is 2. The van der Waals surface area contributed by atoms with Gasteiger partial charge in [-0.15, -0.1) is 0 Å². The third-order valence-corrected chi connectivity index (χ3v) is 5.98. The molecule has 0 aliphatic rings. The fourth-order valence-electron chi connectivity index (χ4n) is 4.02. The van der Waals surface area contributed by atoms with Crippen LogP contribution >= 0.6 is 0 Å². The maximum absolute atomic E-state index is 15.1. The standard InChI is InChI=1S/C29H29F2N5O2/c1-5-19-16-20(8-9-21(19)27(37)18(2)3)35-28-29-34-17-23(36(29)14-13-33-28)22-10-11-24(26(31)25(22)30)38-15-7-6-12-32-4/h8-11,13-14,16-18,32H,5,12,15H2,1-4H3,(H,33,35). The maximum atomic E-state index is 15.1. The number of ketones is 1. The summed E-state index contributed by atoms with van der Waals surface area (Å²) in [6.45, 7) is 6.18. The molecule has 2 heterocycles. The molecule has 7 nitrogen and oxygen atoms in total. The monoisotopic (exact) mass is 517 g/mol. The molecule has 4 rings (SSSR count). The Hall–Kier alpha value is -4.29. The zero-order chi connectivity index (χ0) is 27.2. The third-order valence-electron chi connectivity index (χ3n) is 5.98. The summed E-state index contributed by atoms with van der Waals surface area (Å²) in [5, 5.41) is 6.11. The summed E-state index contributed by atoms with van der Waals surface area (Å²) in [6, 6.07) is 8.38. The van der Waals surface area contributed by atoms with Crippen molar-refractivity contribution in [2.24, 2.45) is 5.92 Å². The molecule has 9 heteroatoms. The first-order valence-electron chi connectivity index (χ1n) is 12.3. The van der Waals surface area contributed by atoms with Crippen LogP contribution in [0.5, 0.6) is 5.75 Å². The molecule has 196 valence electrons. The lowest BCUT2D eigenvalue weighted by atomic mass is 9.95. The van der Waals surface area contributed by atoms with Crippen molar-refractivity contribution in [1.82, 2.24) is 19.7 Å². The van der Waals surface area contributed by atoms with Gasteiger partial charge >= 0.3 is 0 Å². The molecule has 0 aliphatic carbocycles. The van der Waals surface area contributed by atoms with Crippen LogP contribution in [-0.4, -0.2) is 40.4 Å². The van der Waals surface area contributed by atoms with E-state index in [0.717, 1.165) is 11.3 Å². The summed E-state index contributed by atoms with van der Waals surface area (Å²) in [5.74, 6) is 3.60. The molecule has 0 bridgehead atoms. The highest BCUT2D eigenvalue weighted by Gasteiger charge is 2.20. The second-order valence-electron chi connectivity index (χ2n) is 8.89. The minimum absolute atomic E-state index is 0.0330. The van der Waals surface area contributed by atoms with Gasteiger partial charge in [-0.3, -0.25) is 9.20 Å². The van der Waals surface area contributed by atoms with Gasteiger partial charge in [-0.05, 0) is 49.4 Å². The third kappa shape index (κ3) is 5.50. The molecule has 0 fully saturated rings. The Morgan fingerprint density at radius 3 is 2.68 bits per heavy atom. The maximum Gasteiger partial charge on any atom is 0.201 e. The Kier molecular flexibility index (Phi) is 8.34. The summed E-state index contributed by atoms with van der Waals surface area (Å²) in [6.07, 6.45) is 5.34. The average molecular weight is 518 g/mol. The van der Waals surface area contributed by atoms with Crippen molar-refractivity contribution >= 4 is 22.9 Å². The van der Waals surface area contributed by atoms with Crippen LogP contribution in [0.15, 0.2) is 48.9 Å². The predicted molar refractivity (Wildman–Crippen MR) is 144 cm³/mol. The number of Topliss-reactive ketones (excluding diaryl/α,β-unsaturated/α-hetero) is 1. The lowest BCUT2D eigenvalue weighted by molar-refractivity contribution is 0.0938. The van der Waals surface area contributed by atoms with Crippen LogP contribution in [0.3, 0.4) is 0 Å². The SMILES string of the molecule is CCc1cc(Nc2nccn3c(-c4ccc(OCC#CCNC)c(F)c4F)cnc23)ccc1C(=O)C(C)C. The van der Waals surface area contributed by atoms with Crippen LogP contribution in [0.4, 0.5) is 20.3 Å². The molecule has 2 N–H and O–H groups in total. The van der Waals surface area contributed by atoms with E-state index in [1.807, 2.05) is 39.0 Å². The summed E-state index contributed by atoms with van der Waals surface area (Å²) in [7, 11) is 1.76. The molecule has 2 aromatic carbocycles. The van der Waals surface area contributed by atoms with E-state index in [-0.39, 0.29) is 29.6 Å². The zero-order valence-corrected chi connectivity index (χ0v) is 21.7. The van der Waals surface area contributed by atoms with Gasteiger partial charge in [-0.25, -0.2) is 14.4 Å². The lowest BCUT2D eigenvalue weighted by Gasteiger charge is -2.13. The van der Waals surface area contributed by atoms with Gasteiger partial charge < -0.3 is 15.4 Å². The quantitative estimate of drug-likeness (QED) is 0.228. The van der Waals surface area contributed by atoms with E-state index in [1.165, 1.54) is 18.3 Å². The largest absolute Gasteiger partial charge is 0.478 e. The van der Waals surface area contributed by atoms with Crippen LogP contribution in [0.2, 0.25) is 0 Å².